The van der Waals surface area contributed by atoms with E-state index in [4.69, 9.17) is 0 Å². The molecule has 0 aliphatic carbocycles. The van der Waals surface area contributed by atoms with Crippen molar-refractivity contribution in [1.82, 2.24) is 15.5 Å². The fraction of sp³-hybridized carbons (Fsp3) is 0.438. The predicted octanol–water partition coefficient (Wildman–Crippen LogP) is 2.26. The van der Waals surface area contributed by atoms with Crippen LogP contribution in [-0.4, -0.2) is 33.8 Å². The first-order valence-electron chi connectivity index (χ1n) is 7.48. The van der Waals surface area contributed by atoms with Gasteiger partial charge in [0.15, 0.2) is 0 Å². The lowest BCUT2D eigenvalue weighted by atomic mass is 9.96. The molecular formula is C16H21N3O3. The average Bonchev–Trinajstić information content (AvgIpc) is 3.08. The molecule has 1 heterocycles. The normalized spacial score (nSPS) is 12.4. The average molecular weight is 303 g/mol. The van der Waals surface area contributed by atoms with Gasteiger partial charge in [-0.05, 0) is 18.1 Å². The second-order valence-corrected chi connectivity index (χ2v) is 5.19. The van der Waals surface area contributed by atoms with Crippen molar-refractivity contribution in [3.05, 3.63) is 36.2 Å². The first-order valence-corrected chi connectivity index (χ1v) is 7.48. The Hall–Kier alpha value is -2.21. The summed E-state index contributed by atoms with van der Waals surface area (Å²) >= 11 is 0. The standard InChI is InChI=1S/C16H21N3O3/c1-3-11(4-2)14(20)9-17-16(21)13-7-5-12(6-8-13)15-18-10-22-19-15/h5-8,10-11,14,20H,3-4,9H2,1-2H3,(H,17,21). The molecular weight excluding hydrogens is 282 g/mol. The number of benzene rings is 1. The van der Waals surface area contributed by atoms with Crippen molar-refractivity contribution in [1.29, 1.82) is 0 Å². The maximum atomic E-state index is 12.1. The molecule has 2 N–H and O–H groups in total. The summed E-state index contributed by atoms with van der Waals surface area (Å²) in [6, 6.07) is 6.92. The number of hydrogen-bond donors (Lipinski definition) is 2. The third-order valence-electron chi connectivity index (χ3n) is 3.83. The first-order chi connectivity index (χ1) is 10.7. The van der Waals surface area contributed by atoms with Gasteiger partial charge in [0, 0.05) is 17.7 Å². The molecule has 0 saturated carbocycles. The minimum atomic E-state index is -0.516. The van der Waals surface area contributed by atoms with Gasteiger partial charge in [0.1, 0.15) is 0 Å². The highest BCUT2D eigenvalue weighted by atomic mass is 16.5. The number of aromatic nitrogens is 2. The van der Waals surface area contributed by atoms with E-state index in [0.29, 0.717) is 11.4 Å². The van der Waals surface area contributed by atoms with E-state index in [0.717, 1.165) is 18.4 Å². The number of rotatable bonds is 7. The summed E-state index contributed by atoms with van der Waals surface area (Å²) in [6.45, 7) is 4.34. The van der Waals surface area contributed by atoms with Crippen molar-refractivity contribution in [2.24, 2.45) is 5.92 Å². The molecule has 0 bridgehead atoms. The van der Waals surface area contributed by atoms with E-state index < -0.39 is 6.10 Å². The SMILES string of the molecule is CCC(CC)C(O)CNC(=O)c1ccc(-c2ncon2)cc1. The Morgan fingerprint density at radius 3 is 2.50 bits per heavy atom. The van der Waals surface area contributed by atoms with E-state index in [1.54, 1.807) is 24.3 Å². The largest absolute Gasteiger partial charge is 0.391 e. The van der Waals surface area contributed by atoms with Crippen LogP contribution in [0.1, 0.15) is 37.0 Å². The molecule has 1 unspecified atom stereocenters. The van der Waals surface area contributed by atoms with Crippen molar-refractivity contribution in [3.63, 3.8) is 0 Å². The highest BCUT2D eigenvalue weighted by molar-refractivity contribution is 5.94. The zero-order valence-corrected chi connectivity index (χ0v) is 12.8. The Morgan fingerprint density at radius 2 is 1.95 bits per heavy atom. The molecule has 0 saturated heterocycles. The smallest absolute Gasteiger partial charge is 0.251 e. The minimum absolute atomic E-state index is 0.204. The monoisotopic (exact) mass is 303 g/mol. The van der Waals surface area contributed by atoms with Gasteiger partial charge in [-0.25, -0.2) is 0 Å². The summed E-state index contributed by atoms with van der Waals surface area (Å²) in [4.78, 5) is 16.0. The fourth-order valence-corrected chi connectivity index (χ4v) is 2.37. The van der Waals surface area contributed by atoms with Gasteiger partial charge < -0.3 is 14.9 Å². The Balaban J connectivity index is 1.93. The van der Waals surface area contributed by atoms with E-state index in [1.807, 2.05) is 13.8 Å². The number of aliphatic hydroxyl groups excluding tert-OH is 1. The van der Waals surface area contributed by atoms with Crippen LogP contribution in [0.15, 0.2) is 35.2 Å². The summed E-state index contributed by atoms with van der Waals surface area (Å²) in [5, 5.41) is 16.5. The van der Waals surface area contributed by atoms with Crippen LogP contribution in [0.25, 0.3) is 11.4 Å². The van der Waals surface area contributed by atoms with E-state index in [1.165, 1.54) is 6.39 Å². The molecule has 2 aromatic rings. The lowest BCUT2D eigenvalue weighted by molar-refractivity contribution is 0.0816. The quantitative estimate of drug-likeness (QED) is 0.819. The molecule has 1 atom stereocenters. The van der Waals surface area contributed by atoms with Gasteiger partial charge in [-0.2, -0.15) is 4.98 Å². The van der Waals surface area contributed by atoms with Crippen molar-refractivity contribution >= 4 is 5.91 Å². The molecule has 118 valence electrons. The number of carbonyl (C=O) groups is 1. The molecule has 0 radical (unpaired) electrons. The van der Waals surface area contributed by atoms with Gasteiger partial charge in [-0.1, -0.05) is 44.0 Å². The molecule has 22 heavy (non-hydrogen) atoms. The fourth-order valence-electron chi connectivity index (χ4n) is 2.37. The van der Waals surface area contributed by atoms with E-state index in [2.05, 4.69) is 20.0 Å². The Morgan fingerprint density at radius 1 is 1.27 bits per heavy atom. The molecule has 0 spiro atoms. The van der Waals surface area contributed by atoms with E-state index in [-0.39, 0.29) is 18.4 Å². The summed E-state index contributed by atoms with van der Waals surface area (Å²) in [5.74, 6) is 0.488. The number of carbonyl (C=O) groups excluding carboxylic acids is 1. The maximum absolute atomic E-state index is 12.1. The number of nitrogens with zero attached hydrogens (tertiary/aromatic N) is 2. The third-order valence-corrected chi connectivity index (χ3v) is 3.83. The van der Waals surface area contributed by atoms with Crippen LogP contribution < -0.4 is 5.32 Å². The van der Waals surface area contributed by atoms with Gasteiger partial charge in [0.05, 0.1) is 6.10 Å². The van der Waals surface area contributed by atoms with Crippen LogP contribution in [0.3, 0.4) is 0 Å². The highest BCUT2D eigenvalue weighted by Crippen LogP contribution is 2.15. The van der Waals surface area contributed by atoms with Crippen LogP contribution in [0.5, 0.6) is 0 Å². The first kappa shape index (κ1) is 16.2. The summed E-state index contributed by atoms with van der Waals surface area (Å²) in [6.07, 6.45) is 2.53. The third kappa shape index (κ3) is 3.92. The van der Waals surface area contributed by atoms with Crippen LogP contribution >= 0.6 is 0 Å². The Bertz CT molecular complexity index is 577. The molecule has 0 fully saturated rings. The van der Waals surface area contributed by atoms with Crippen molar-refractivity contribution in [2.75, 3.05) is 6.54 Å². The second-order valence-electron chi connectivity index (χ2n) is 5.19. The van der Waals surface area contributed by atoms with Crippen LogP contribution in [0, 0.1) is 5.92 Å². The van der Waals surface area contributed by atoms with Crippen LogP contribution in [0.4, 0.5) is 0 Å². The zero-order valence-electron chi connectivity index (χ0n) is 12.8. The van der Waals surface area contributed by atoms with Crippen molar-refractivity contribution < 1.29 is 14.4 Å². The van der Waals surface area contributed by atoms with Gasteiger partial charge in [-0.15, -0.1) is 0 Å². The maximum Gasteiger partial charge on any atom is 0.251 e. The lowest BCUT2D eigenvalue weighted by Gasteiger charge is -2.20. The number of hydrogen-bond acceptors (Lipinski definition) is 5. The predicted molar refractivity (Wildman–Crippen MR) is 82.1 cm³/mol. The second kappa shape index (κ2) is 7.70. The van der Waals surface area contributed by atoms with Gasteiger partial charge in [0.2, 0.25) is 12.2 Å². The summed E-state index contributed by atoms with van der Waals surface area (Å²) in [7, 11) is 0. The Labute approximate surface area is 129 Å². The minimum Gasteiger partial charge on any atom is -0.391 e. The molecule has 1 amide bonds. The van der Waals surface area contributed by atoms with Crippen molar-refractivity contribution in [3.8, 4) is 11.4 Å². The van der Waals surface area contributed by atoms with Crippen molar-refractivity contribution in [2.45, 2.75) is 32.8 Å². The highest BCUT2D eigenvalue weighted by Gasteiger charge is 2.16. The topological polar surface area (TPSA) is 88.2 Å². The molecule has 1 aromatic carbocycles. The molecule has 6 nitrogen and oxygen atoms in total. The Kier molecular flexibility index (Phi) is 5.66. The summed E-state index contributed by atoms with van der Waals surface area (Å²) in [5.41, 5.74) is 1.31. The van der Waals surface area contributed by atoms with Crippen LogP contribution in [-0.2, 0) is 0 Å². The molecule has 0 aliphatic heterocycles. The van der Waals surface area contributed by atoms with Gasteiger partial charge in [-0.3, -0.25) is 4.79 Å². The number of aliphatic hydroxyl groups is 1. The molecule has 2 rings (SSSR count). The van der Waals surface area contributed by atoms with Gasteiger partial charge in [0.25, 0.3) is 5.91 Å². The molecule has 0 aliphatic rings. The molecule has 6 heteroatoms. The number of nitrogens with one attached hydrogen (secondary N) is 1. The summed E-state index contributed by atoms with van der Waals surface area (Å²) < 4.78 is 4.69. The lowest BCUT2D eigenvalue weighted by Crippen LogP contribution is -2.36. The number of amides is 1. The van der Waals surface area contributed by atoms with Gasteiger partial charge >= 0.3 is 0 Å². The zero-order chi connectivity index (χ0) is 15.9. The molecule has 1 aromatic heterocycles. The van der Waals surface area contributed by atoms with E-state index in [9.17, 15) is 9.90 Å². The van der Waals surface area contributed by atoms with E-state index >= 15 is 0 Å². The van der Waals surface area contributed by atoms with Crippen LogP contribution in [0.2, 0.25) is 0 Å².